The third-order valence-electron chi connectivity index (χ3n) is 4.90. The highest BCUT2D eigenvalue weighted by molar-refractivity contribution is 7.92. The van der Waals surface area contributed by atoms with Crippen molar-refractivity contribution >= 4 is 21.3 Å². The quantitative estimate of drug-likeness (QED) is 0.649. The average Bonchev–Trinajstić information content (AvgIpc) is 3.06. The van der Waals surface area contributed by atoms with E-state index in [4.69, 9.17) is 10.5 Å². The van der Waals surface area contributed by atoms with Gasteiger partial charge in [-0.3, -0.25) is 4.40 Å². The number of pyridine rings is 2. The number of nitrogens with two attached hydrogens (primary N) is 1. The Hall–Kier alpha value is -2.75. The smallest absolute Gasteiger partial charge is 0.224 e. The number of hydrogen-bond acceptors (Lipinski definition) is 6. The van der Waals surface area contributed by atoms with Crippen molar-refractivity contribution in [2.75, 3.05) is 12.8 Å². The molecule has 7 nitrogen and oxygen atoms in total. The molecule has 0 atom stereocenters. The molecule has 0 bridgehead atoms. The van der Waals surface area contributed by atoms with Crippen molar-refractivity contribution in [3.8, 4) is 17.0 Å². The Kier molecular flexibility index (Phi) is 4.78. The summed E-state index contributed by atoms with van der Waals surface area (Å²) in [5, 5.41) is 0. The Morgan fingerprint density at radius 3 is 2.57 bits per heavy atom. The van der Waals surface area contributed by atoms with E-state index < -0.39 is 32.2 Å². The van der Waals surface area contributed by atoms with Crippen LogP contribution in [0, 0.1) is 11.8 Å². The van der Waals surface area contributed by atoms with Crippen LogP contribution in [0.3, 0.4) is 0 Å². The normalized spacial score (nSPS) is 12.5. The van der Waals surface area contributed by atoms with Crippen LogP contribution in [0.15, 0.2) is 29.4 Å². The van der Waals surface area contributed by atoms with Crippen molar-refractivity contribution in [1.82, 2.24) is 14.4 Å². The number of aromatic nitrogens is 3. The first-order chi connectivity index (χ1) is 13.0. The maximum atomic E-state index is 14.3. The molecule has 0 amide bonds. The fraction of sp³-hybridized carbons (Fsp3) is 0.333. The minimum absolute atomic E-state index is 0.0714. The molecule has 0 spiro atoms. The summed E-state index contributed by atoms with van der Waals surface area (Å²) in [5.74, 6) is -2.33. The number of rotatable bonds is 5. The lowest BCUT2D eigenvalue weighted by molar-refractivity contribution is 0.400. The second-order valence-corrected chi connectivity index (χ2v) is 9.44. The minimum Gasteiger partial charge on any atom is -0.495 e. The summed E-state index contributed by atoms with van der Waals surface area (Å²) < 4.78 is 60.0. The Balaban J connectivity index is 2.33. The molecule has 0 saturated heterocycles. The van der Waals surface area contributed by atoms with Crippen molar-refractivity contribution < 1.29 is 21.9 Å². The molecule has 0 aliphatic rings. The largest absolute Gasteiger partial charge is 0.495 e. The van der Waals surface area contributed by atoms with Gasteiger partial charge in [0.2, 0.25) is 5.95 Å². The van der Waals surface area contributed by atoms with Crippen molar-refractivity contribution in [3.63, 3.8) is 0 Å². The zero-order chi connectivity index (χ0) is 20.9. The summed E-state index contributed by atoms with van der Waals surface area (Å²) in [4.78, 5) is 7.42. The van der Waals surface area contributed by atoms with Gasteiger partial charge in [0.15, 0.2) is 21.5 Å². The third kappa shape index (κ3) is 2.97. The van der Waals surface area contributed by atoms with Crippen LogP contribution in [0.4, 0.5) is 14.6 Å². The Morgan fingerprint density at radius 1 is 1.29 bits per heavy atom. The van der Waals surface area contributed by atoms with E-state index in [0.717, 1.165) is 6.07 Å². The molecule has 0 aliphatic heterocycles. The molecule has 3 aromatic rings. The van der Waals surface area contributed by atoms with Gasteiger partial charge in [-0.15, -0.1) is 0 Å². The fourth-order valence-corrected chi connectivity index (χ4v) is 4.32. The van der Waals surface area contributed by atoms with E-state index in [0.29, 0.717) is 12.1 Å². The van der Waals surface area contributed by atoms with Gasteiger partial charge in [-0.25, -0.2) is 17.8 Å². The maximum absolute atomic E-state index is 14.3. The molecule has 0 radical (unpaired) electrons. The Morgan fingerprint density at radius 2 is 1.96 bits per heavy atom. The van der Waals surface area contributed by atoms with E-state index in [1.54, 1.807) is 20.8 Å². The highest BCUT2D eigenvalue weighted by Crippen LogP contribution is 2.36. The zero-order valence-electron chi connectivity index (χ0n) is 15.8. The highest BCUT2D eigenvalue weighted by Gasteiger charge is 2.37. The van der Waals surface area contributed by atoms with E-state index in [1.165, 1.54) is 30.0 Å². The summed E-state index contributed by atoms with van der Waals surface area (Å²) in [6.07, 6.45) is 2.97. The predicted molar refractivity (Wildman–Crippen MR) is 101 cm³/mol. The summed E-state index contributed by atoms with van der Waals surface area (Å²) in [5.41, 5.74) is 5.54. The minimum atomic E-state index is -3.80. The SMILES string of the molecule is CCC(C)(C)S(=O)(=O)c1cn2c(-c3cc(F)c(N)nc3F)cnc2cc1OC. The first-order valence-electron chi connectivity index (χ1n) is 8.45. The highest BCUT2D eigenvalue weighted by atomic mass is 32.2. The molecule has 0 aliphatic carbocycles. The summed E-state index contributed by atoms with van der Waals surface area (Å²) in [6, 6.07) is 2.33. The molecular formula is C18H20F2N4O3S. The van der Waals surface area contributed by atoms with Gasteiger partial charge in [0, 0.05) is 12.3 Å². The standard InChI is InChI=1S/C18H20F2N4O3S/c1-5-18(2,3)28(25,26)14-9-24-12(8-22-15(24)7-13(14)27-4)10-6-11(19)17(21)23-16(10)20/h6-9H,5H2,1-4H3,(H2,21,23). The lowest BCUT2D eigenvalue weighted by Crippen LogP contribution is -2.31. The molecule has 0 fully saturated rings. The first-order valence-corrected chi connectivity index (χ1v) is 9.93. The Labute approximate surface area is 161 Å². The van der Waals surface area contributed by atoms with Gasteiger partial charge in [0.25, 0.3) is 0 Å². The summed E-state index contributed by atoms with van der Waals surface area (Å²) in [7, 11) is -2.45. The van der Waals surface area contributed by atoms with Gasteiger partial charge in [-0.2, -0.15) is 9.37 Å². The molecule has 0 unspecified atom stereocenters. The number of halogens is 2. The molecular weight excluding hydrogens is 390 g/mol. The molecule has 0 aromatic carbocycles. The summed E-state index contributed by atoms with van der Waals surface area (Å²) in [6.45, 7) is 4.99. The van der Waals surface area contributed by atoms with Crippen LogP contribution < -0.4 is 10.5 Å². The Bertz CT molecular complexity index is 1170. The monoisotopic (exact) mass is 410 g/mol. The van der Waals surface area contributed by atoms with Gasteiger partial charge in [0.1, 0.15) is 16.3 Å². The molecule has 3 aromatic heterocycles. The van der Waals surface area contributed by atoms with Crippen LogP contribution in [-0.4, -0.2) is 34.6 Å². The van der Waals surface area contributed by atoms with Crippen LogP contribution in [0.1, 0.15) is 27.2 Å². The summed E-state index contributed by atoms with van der Waals surface area (Å²) >= 11 is 0. The van der Waals surface area contributed by atoms with E-state index in [9.17, 15) is 17.2 Å². The molecule has 3 rings (SSSR count). The number of hydrogen-bond donors (Lipinski definition) is 1. The number of methoxy groups -OCH3 is 1. The van der Waals surface area contributed by atoms with E-state index >= 15 is 0 Å². The van der Waals surface area contributed by atoms with Crippen LogP contribution in [0.25, 0.3) is 16.9 Å². The second kappa shape index (κ2) is 6.69. The molecule has 3 heterocycles. The average molecular weight is 410 g/mol. The zero-order valence-corrected chi connectivity index (χ0v) is 16.6. The van der Waals surface area contributed by atoms with Crippen LogP contribution in [0.2, 0.25) is 0 Å². The van der Waals surface area contributed by atoms with Crippen LogP contribution in [-0.2, 0) is 9.84 Å². The molecule has 0 saturated carbocycles. The van der Waals surface area contributed by atoms with Gasteiger partial charge >= 0.3 is 0 Å². The van der Waals surface area contributed by atoms with Gasteiger partial charge in [-0.1, -0.05) is 6.92 Å². The lowest BCUT2D eigenvalue weighted by Gasteiger charge is -2.24. The molecule has 28 heavy (non-hydrogen) atoms. The van der Waals surface area contributed by atoms with Crippen molar-refractivity contribution in [3.05, 3.63) is 36.3 Å². The number of nitrogen functional groups attached to an aromatic ring is 1. The van der Waals surface area contributed by atoms with Crippen LogP contribution in [0.5, 0.6) is 5.75 Å². The van der Waals surface area contributed by atoms with Gasteiger partial charge < -0.3 is 10.5 Å². The first kappa shape index (κ1) is 20.0. The lowest BCUT2D eigenvalue weighted by atomic mass is 10.1. The maximum Gasteiger partial charge on any atom is 0.224 e. The fourth-order valence-electron chi connectivity index (χ4n) is 2.69. The number of fused-ring (bicyclic) bond motifs is 1. The molecule has 2 N–H and O–H groups in total. The number of sulfone groups is 1. The predicted octanol–water partition coefficient (Wildman–Crippen LogP) is 3.23. The van der Waals surface area contributed by atoms with Crippen molar-refractivity contribution in [2.24, 2.45) is 0 Å². The number of anilines is 1. The molecule has 150 valence electrons. The van der Waals surface area contributed by atoms with E-state index in [2.05, 4.69) is 9.97 Å². The van der Waals surface area contributed by atoms with Crippen molar-refractivity contribution in [1.29, 1.82) is 0 Å². The number of imidazole rings is 1. The van der Waals surface area contributed by atoms with Gasteiger partial charge in [-0.05, 0) is 26.3 Å². The van der Waals surface area contributed by atoms with E-state index in [-0.39, 0.29) is 21.9 Å². The molecule has 10 heteroatoms. The third-order valence-corrected chi connectivity index (χ3v) is 7.53. The van der Waals surface area contributed by atoms with Crippen molar-refractivity contribution in [2.45, 2.75) is 36.8 Å². The number of nitrogens with zero attached hydrogens (tertiary/aromatic N) is 3. The number of ether oxygens (including phenoxy) is 1. The van der Waals surface area contributed by atoms with Gasteiger partial charge in [0.05, 0.1) is 29.3 Å². The van der Waals surface area contributed by atoms with Crippen LogP contribution >= 0.6 is 0 Å². The van der Waals surface area contributed by atoms with E-state index in [1.807, 2.05) is 0 Å². The second-order valence-electron chi connectivity index (χ2n) is 6.89. The topological polar surface area (TPSA) is 99.6 Å².